The normalized spacial score (nSPS) is 13.0. The van der Waals surface area contributed by atoms with E-state index < -0.39 is 0 Å². The maximum absolute atomic E-state index is 6.02. The minimum atomic E-state index is 0.224. The number of likely N-dealkylation sites (N-methyl/N-ethyl adjacent to an activating group) is 1. The van der Waals surface area contributed by atoms with Crippen molar-refractivity contribution >= 4 is 10.8 Å². The lowest BCUT2D eigenvalue weighted by atomic mass is 9.98. The minimum Gasteiger partial charge on any atom is -0.380 e. The predicted octanol–water partition coefficient (Wildman–Crippen LogP) is 2.81. The molecular formula is C17H24N2O. The van der Waals surface area contributed by atoms with Gasteiger partial charge in [-0.15, -0.1) is 0 Å². The predicted molar refractivity (Wildman–Crippen MR) is 84.9 cm³/mol. The van der Waals surface area contributed by atoms with Gasteiger partial charge in [-0.2, -0.15) is 0 Å². The summed E-state index contributed by atoms with van der Waals surface area (Å²) in [6.07, 6.45) is 0. The Morgan fingerprint density at radius 1 is 1.15 bits per heavy atom. The Labute approximate surface area is 121 Å². The Bertz CT molecular complexity index is 536. The number of fused-ring (bicyclic) bond motifs is 1. The van der Waals surface area contributed by atoms with Crippen LogP contribution in [-0.2, 0) is 4.74 Å². The smallest absolute Gasteiger partial charge is 0.0593 e. The highest BCUT2D eigenvalue weighted by Gasteiger charge is 2.17. The summed E-state index contributed by atoms with van der Waals surface area (Å²) in [6, 6.07) is 15.1. The van der Waals surface area contributed by atoms with E-state index in [9.17, 15) is 0 Å². The Morgan fingerprint density at radius 2 is 1.90 bits per heavy atom. The molecule has 0 fully saturated rings. The highest BCUT2D eigenvalue weighted by molar-refractivity contribution is 5.86. The number of benzene rings is 2. The second kappa shape index (κ2) is 7.39. The SMILES string of the molecule is CCOCCN(C)C(CN)c1cccc2ccccc12. The second-order valence-electron chi connectivity index (χ2n) is 5.00. The van der Waals surface area contributed by atoms with Crippen LogP contribution in [0, 0.1) is 0 Å². The average molecular weight is 272 g/mol. The van der Waals surface area contributed by atoms with Crippen LogP contribution >= 0.6 is 0 Å². The van der Waals surface area contributed by atoms with E-state index in [2.05, 4.69) is 54.4 Å². The molecule has 0 radical (unpaired) electrons. The largest absolute Gasteiger partial charge is 0.380 e. The van der Waals surface area contributed by atoms with Crippen molar-refractivity contribution in [3.8, 4) is 0 Å². The maximum Gasteiger partial charge on any atom is 0.0593 e. The molecule has 1 atom stereocenters. The molecule has 0 heterocycles. The van der Waals surface area contributed by atoms with E-state index in [0.29, 0.717) is 6.54 Å². The van der Waals surface area contributed by atoms with E-state index in [1.165, 1.54) is 16.3 Å². The maximum atomic E-state index is 6.02. The van der Waals surface area contributed by atoms with Crippen LogP contribution in [-0.4, -0.2) is 38.3 Å². The summed E-state index contributed by atoms with van der Waals surface area (Å²) in [4.78, 5) is 2.28. The average Bonchev–Trinajstić information content (AvgIpc) is 2.48. The molecular weight excluding hydrogens is 248 g/mol. The third-order valence-corrected chi connectivity index (χ3v) is 3.73. The van der Waals surface area contributed by atoms with E-state index in [-0.39, 0.29) is 6.04 Å². The zero-order valence-corrected chi connectivity index (χ0v) is 12.4. The highest BCUT2D eigenvalue weighted by atomic mass is 16.5. The standard InChI is InChI=1S/C17H24N2O/c1-3-20-12-11-19(2)17(13-18)16-10-6-8-14-7-4-5-9-15(14)16/h4-10,17H,3,11-13,18H2,1-2H3. The second-order valence-corrected chi connectivity index (χ2v) is 5.00. The number of hydrogen-bond donors (Lipinski definition) is 1. The van der Waals surface area contributed by atoms with Crippen molar-refractivity contribution in [1.29, 1.82) is 0 Å². The number of nitrogens with zero attached hydrogens (tertiary/aromatic N) is 1. The Morgan fingerprint density at radius 3 is 2.65 bits per heavy atom. The van der Waals surface area contributed by atoms with Gasteiger partial charge in [0, 0.05) is 25.7 Å². The van der Waals surface area contributed by atoms with Gasteiger partial charge < -0.3 is 10.5 Å². The van der Waals surface area contributed by atoms with Gasteiger partial charge in [-0.25, -0.2) is 0 Å². The van der Waals surface area contributed by atoms with Crippen molar-refractivity contribution < 1.29 is 4.74 Å². The van der Waals surface area contributed by atoms with Crippen molar-refractivity contribution in [3.63, 3.8) is 0 Å². The molecule has 3 nitrogen and oxygen atoms in total. The summed E-state index contributed by atoms with van der Waals surface area (Å²) >= 11 is 0. The van der Waals surface area contributed by atoms with Crippen LogP contribution in [0.5, 0.6) is 0 Å². The Hall–Kier alpha value is -1.42. The first-order valence-electron chi connectivity index (χ1n) is 7.23. The first-order chi connectivity index (χ1) is 9.77. The lowest BCUT2D eigenvalue weighted by molar-refractivity contribution is 0.109. The molecule has 0 aliphatic heterocycles. The fourth-order valence-corrected chi connectivity index (χ4v) is 2.59. The molecule has 2 N–H and O–H groups in total. The van der Waals surface area contributed by atoms with Crippen LogP contribution in [0.3, 0.4) is 0 Å². The van der Waals surface area contributed by atoms with Gasteiger partial charge in [0.1, 0.15) is 0 Å². The minimum absolute atomic E-state index is 0.224. The van der Waals surface area contributed by atoms with Gasteiger partial charge in [-0.3, -0.25) is 4.90 Å². The van der Waals surface area contributed by atoms with Crippen LogP contribution < -0.4 is 5.73 Å². The number of rotatable bonds is 7. The van der Waals surface area contributed by atoms with Crippen molar-refractivity contribution in [1.82, 2.24) is 4.90 Å². The topological polar surface area (TPSA) is 38.5 Å². The fraction of sp³-hybridized carbons (Fsp3) is 0.412. The number of hydrogen-bond acceptors (Lipinski definition) is 3. The van der Waals surface area contributed by atoms with Gasteiger partial charge in [-0.1, -0.05) is 42.5 Å². The van der Waals surface area contributed by atoms with Gasteiger partial charge >= 0.3 is 0 Å². The van der Waals surface area contributed by atoms with E-state index in [4.69, 9.17) is 10.5 Å². The molecule has 2 aromatic carbocycles. The van der Waals surface area contributed by atoms with Crippen molar-refractivity contribution in [2.45, 2.75) is 13.0 Å². The molecule has 0 aliphatic rings. The zero-order chi connectivity index (χ0) is 14.4. The zero-order valence-electron chi connectivity index (χ0n) is 12.4. The molecule has 0 aromatic heterocycles. The Kier molecular flexibility index (Phi) is 5.53. The molecule has 0 amide bonds. The van der Waals surface area contributed by atoms with Gasteiger partial charge in [-0.05, 0) is 30.3 Å². The van der Waals surface area contributed by atoms with Gasteiger partial charge in [0.25, 0.3) is 0 Å². The summed E-state index contributed by atoms with van der Waals surface area (Å²) in [7, 11) is 2.11. The van der Waals surface area contributed by atoms with Crippen molar-refractivity contribution in [3.05, 3.63) is 48.0 Å². The molecule has 0 saturated heterocycles. The van der Waals surface area contributed by atoms with E-state index in [1.54, 1.807) is 0 Å². The molecule has 0 spiro atoms. The van der Waals surface area contributed by atoms with Gasteiger partial charge in [0.05, 0.1) is 6.61 Å². The van der Waals surface area contributed by atoms with Crippen LogP contribution in [0.15, 0.2) is 42.5 Å². The van der Waals surface area contributed by atoms with E-state index >= 15 is 0 Å². The molecule has 3 heteroatoms. The van der Waals surface area contributed by atoms with Crippen LogP contribution in [0.1, 0.15) is 18.5 Å². The lowest BCUT2D eigenvalue weighted by Crippen LogP contribution is -2.33. The van der Waals surface area contributed by atoms with Crippen LogP contribution in [0.2, 0.25) is 0 Å². The summed E-state index contributed by atoms with van der Waals surface area (Å²) in [5, 5.41) is 2.55. The fourth-order valence-electron chi connectivity index (χ4n) is 2.59. The molecule has 2 aromatic rings. The van der Waals surface area contributed by atoms with Crippen LogP contribution in [0.4, 0.5) is 0 Å². The third kappa shape index (κ3) is 3.37. The number of nitrogens with two attached hydrogens (primary N) is 1. The molecule has 0 aliphatic carbocycles. The molecule has 1 unspecified atom stereocenters. The Balaban J connectivity index is 2.25. The monoisotopic (exact) mass is 272 g/mol. The summed E-state index contributed by atoms with van der Waals surface area (Å²) in [5.74, 6) is 0. The summed E-state index contributed by atoms with van der Waals surface area (Å²) in [5.41, 5.74) is 7.31. The van der Waals surface area contributed by atoms with Crippen molar-refractivity contribution in [2.75, 3.05) is 33.4 Å². The molecule has 20 heavy (non-hydrogen) atoms. The first kappa shape index (κ1) is 15.0. The van der Waals surface area contributed by atoms with E-state index in [1.807, 2.05) is 6.92 Å². The van der Waals surface area contributed by atoms with E-state index in [0.717, 1.165) is 19.8 Å². The summed E-state index contributed by atoms with van der Waals surface area (Å²) in [6.45, 7) is 5.02. The van der Waals surface area contributed by atoms with Gasteiger partial charge in [0.2, 0.25) is 0 Å². The molecule has 108 valence electrons. The highest BCUT2D eigenvalue weighted by Crippen LogP contribution is 2.26. The van der Waals surface area contributed by atoms with Crippen LogP contribution in [0.25, 0.3) is 10.8 Å². The molecule has 2 rings (SSSR count). The van der Waals surface area contributed by atoms with Crippen molar-refractivity contribution in [2.24, 2.45) is 5.73 Å². The third-order valence-electron chi connectivity index (χ3n) is 3.73. The quantitative estimate of drug-likeness (QED) is 0.788. The number of ether oxygens (including phenoxy) is 1. The van der Waals surface area contributed by atoms with Gasteiger partial charge in [0.15, 0.2) is 0 Å². The lowest BCUT2D eigenvalue weighted by Gasteiger charge is -2.28. The summed E-state index contributed by atoms with van der Waals surface area (Å²) < 4.78 is 5.44. The first-order valence-corrected chi connectivity index (χ1v) is 7.23. The molecule has 0 saturated carbocycles. The molecule has 0 bridgehead atoms.